The van der Waals surface area contributed by atoms with Crippen LogP contribution < -0.4 is 5.32 Å². The number of urea groups is 1. The minimum Gasteiger partial charge on any atom is -0.324 e. The first-order valence-electron chi connectivity index (χ1n) is 9.33. The van der Waals surface area contributed by atoms with E-state index < -0.39 is 0 Å². The lowest BCUT2D eigenvalue weighted by atomic mass is 10.0. The lowest BCUT2D eigenvalue weighted by Crippen LogP contribution is -2.36. The summed E-state index contributed by atoms with van der Waals surface area (Å²) in [7, 11) is 0. The second-order valence-electron chi connectivity index (χ2n) is 7.53. The Hall–Kier alpha value is -2.30. The van der Waals surface area contributed by atoms with Crippen LogP contribution in [-0.4, -0.2) is 34.2 Å². The van der Waals surface area contributed by atoms with E-state index in [2.05, 4.69) is 41.5 Å². The maximum Gasteiger partial charge on any atom is 0.321 e. The van der Waals surface area contributed by atoms with Crippen LogP contribution in [0.4, 0.5) is 10.5 Å². The molecule has 132 valence electrons. The zero-order valence-electron chi connectivity index (χ0n) is 15.0. The Morgan fingerprint density at radius 3 is 2.60 bits per heavy atom. The third-order valence-corrected chi connectivity index (χ3v) is 5.33. The number of hydrogen-bond donors (Lipinski definition) is 2. The molecule has 1 aromatic heterocycles. The Morgan fingerprint density at radius 2 is 1.92 bits per heavy atom. The summed E-state index contributed by atoms with van der Waals surface area (Å²) in [6, 6.07) is 8.14. The Morgan fingerprint density at radius 1 is 1.20 bits per heavy atom. The van der Waals surface area contributed by atoms with Gasteiger partial charge in [-0.3, -0.25) is 5.10 Å². The van der Waals surface area contributed by atoms with Crippen molar-refractivity contribution in [1.82, 2.24) is 15.1 Å². The van der Waals surface area contributed by atoms with Gasteiger partial charge in [-0.2, -0.15) is 5.10 Å². The van der Waals surface area contributed by atoms with Gasteiger partial charge in [0.1, 0.15) is 0 Å². The molecule has 0 saturated heterocycles. The van der Waals surface area contributed by atoms with E-state index in [0.29, 0.717) is 11.8 Å². The van der Waals surface area contributed by atoms with Crippen molar-refractivity contribution in [2.75, 3.05) is 18.4 Å². The summed E-state index contributed by atoms with van der Waals surface area (Å²) in [6.45, 7) is 5.83. The molecule has 1 aliphatic carbocycles. The number of H-pyrrole nitrogens is 1. The van der Waals surface area contributed by atoms with Gasteiger partial charge in [-0.05, 0) is 48.4 Å². The van der Waals surface area contributed by atoms with Crippen molar-refractivity contribution in [2.24, 2.45) is 0 Å². The number of aromatic amines is 1. The maximum atomic E-state index is 12.6. The van der Waals surface area contributed by atoms with E-state index in [-0.39, 0.29) is 6.03 Å². The molecule has 2 heterocycles. The molecular formula is C20H26N4O. The summed E-state index contributed by atoms with van der Waals surface area (Å²) in [4.78, 5) is 14.5. The standard InChI is InChI=1S/C20H26N4O/c1-13(2)14-5-7-16(8-6-14)21-20(25)24-11-9-17-18(10-12-24)22-23-19(17)15-3-4-15/h5-8,13,15H,3-4,9-12H2,1-2H3,(H,21,25)(H,22,23). The van der Waals surface area contributed by atoms with Gasteiger partial charge in [-0.25, -0.2) is 4.79 Å². The highest BCUT2D eigenvalue weighted by Crippen LogP contribution is 2.41. The molecule has 1 aromatic carbocycles. The number of nitrogens with one attached hydrogen (secondary N) is 2. The maximum absolute atomic E-state index is 12.6. The van der Waals surface area contributed by atoms with Crippen LogP contribution in [0, 0.1) is 0 Å². The highest BCUT2D eigenvalue weighted by Gasteiger charge is 2.31. The van der Waals surface area contributed by atoms with Gasteiger partial charge in [0.05, 0.1) is 5.69 Å². The van der Waals surface area contributed by atoms with Gasteiger partial charge in [0.15, 0.2) is 0 Å². The fraction of sp³-hybridized carbons (Fsp3) is 0.500. The Kier molecular flexibility index (Phi) is 4.24. The number of benzene rings is 1. The predicted molar refractivity (Wildman–Crippen MR) is 99.1 cm³/mol. The topological polar surface area (TPSA) is 61.0 Å². The molecule has 1 aliphatic heterocycles. The molecule has 0 bridgehead atoms. The molecule has 4 rings (SSSR count). The third kappa shape index (κ3) is 3.41. The minimum absolute atomic E-state index is 0.0108. The first-order valence-corrected chi connectivity index (χ1v) is 9.33. The van der Waals surface area contributed by atoms with E-state index in [1.165, 1.54) is 35.4 Å². The summed E-state index contributed by atoms with van der Waals surface area (Å²) in [5.41, 5.74) is 5.97. The van der Waals surface area contributed by atoms with Gasteiger partial charge in [-0.15, -0.1) is 0 Å². The summed E-state index contributed by atoms with van der Waals surface area (Å²) in [6.07, 6.45) is 4.27. The molecule has 0 radical (unpaired) electrons. The molecule has 1 fully saturated rings. The van der Waals surface area contributed by atoms with E-state index in [1.807, 2.05) is 17.0 Å². The minimum atomic E-state index is -0.0108. The van der Waals surface area contributed by atoms with Crippen molar-refractivity contribution < 1.29 is 4.79 Å². The zero-order valence-corrected chi connectivity index (χ0v) is 15.0. The highest BCUT2D eigenvalue weighted by atomic mass is 16.2. The van der Waals surface area contributed by atoms with Gasteiger partial charge in [0, 0.05) is 36.8 Å². The molecule has 2 amide bonds. The summed E-state index contributed by atoms with van der Waals surface area (Å²) < 4.78 is 0. The number of anilines is 1. The van der Waals surface area contributed by atoms with Crippen molar-refractivity contribution in [3.63, 3.8) is 0 Å². The van der Waals surface area contributed by atoms with Crippen LogP contribution in [0.3, 0.4) is 0 Å². The summed E-state index contributed by atoms with van der Waals surface area (Å²) >= 11 is 0. The predicted octanol–water partition coefficient (Wildman–Crippen LogP) is 4.04. The SMILES string of the molecule is CC(C)c1ccc(NC(=O)N2CCc3[nH]nc(C4CC4)c3CC2)cc1. The van der Waals surface area contributed by atoms with E-state index in [0.717, 1.165) is 31.6 Å². The molecule has 5 heteroatoms. The quantitative estimate of drug-likeness (QED) is 0.887. The number of nitrogens with zero attached hydrogens (tertiary/aromatic N) is 2. The number of carbonyl (C=O) groups excluding carboxylic acids is 1. The van der Waals surface area contributed by atoms with Crippen LogP contribution in [0.2, 0.25) is 0 Å². The molecule has 25 heavy (non-hydrogen) atoms. The largest absolute Gasteiger partial charge is 0.324 e. The average molecular weight is 338 g/mol. The fourth-order valence-electron chi connectivity index (χ4n) is 3.56. The second-order valence-corrected chi connectivity index (χ2v) is 7.53. The number of aromatic nitrogens is 2. The van der Waals surface area contributed by atoms with Gasteiger partial charge in [0.2, 0.25) is 0 Å². The van der Waals surface area contributed by atoms with Gasteiger partial charge < -0.3 is 10.2 Å². The molecule has 2 N–H and O–H groups in total. The molecule has 5 nitrogen and oxygen atoms in total. The molecular weight excluding hydrogens is 312 g/mol. The van der Waals surface area contributed by atoms with Crippen LogP contribution >= 0.6 is 0 Å². The molecule has 2 aliphatic rings. The Bertz CT molecular complexity index is 759. The van der Waals surface area contributed by atoms with E-state index in [1.54, 1.807) is 0 Å². The van der Waals surface area contributed by atoms with Gasteiger partial charge in [-0.1, -0.05) is 26.0 Å². The second kappa shape index (κ2) is 6.54. The van der Waals surface area contributed by atoms with Crippen molar-refractivity contribution >= 4 is 11.7 Å². The van der Waals surface area contributed by atoms with Crippen molar-refractivity contribution in [3.8, 4) is 0 Å². The summed E-state index contributed by atoms with van der Waals surface area (Å²) in [5.74, 6) is 1.15. The fourth-order valence-corrected chi connectivity index (χ4v) is 3.56. The lowest BCUT2D eigenvalue weighted by Gasteiger charge is -2.21. The molecule has 0 spiro atoms. The van der Waals surface area contributed by atoms with Crippen LogP contribution in [-0.2, 0) is 12.8 Å². The Labute approximate surface area is 148 Å². The first kappa shape index (κ1) is 16.2. The smallest absolute Gasteiger partial charge is 0.321 e. The third-order valence-electron chi connectivity index (χ3n) is 5.33. The van der Waals surface area contributed by atoms with E-state index >= 15 is 0 Å². The molecule has 0 unspecified atom stereocenters. The molecule has 1 saturated carbocycles. The van der Waals surface area contributed by atoms with E-state index in [4.69, 9.17) is 0 Å². The molecule has 0 atom stereocenters. The molecule has 2 aromatic rings. The highest BCUT2D eigenvalue weighted by molar-refractivity contribution is 5.89. The van der Waals surface area contributed by atoms with Crippen LogP contribution in [0.1, 0.15) is 61.0 Å². The number of fused-ring (bicyclic) bond motifs is 1. The normalized spacial score (nSPS) is 17.3. The number of carbonyl (C=O) groups is 1. The van der Waals surface area contributed by atoms with Crippen molar-refractivity contribution in [2.45, 2.75) is 51.4 Å². The van der Waals surface area contributed by atoms with Crippen LogP contribution in [0.5, 0.6) is 0 Å². The van der Waals surface area contributed by atoms with Crippen molar-refractivity contribution in [3.05, 3.63) is 46.8 Å². The van der Waals surface area contributed by atoms with Crippen molar-refractivity contribution in [1.29, 1.82) is 0 Å². The summed E-state index contributed by atoms with van der Waals surface area (Å²) in [5, 5.41) is 10.8. The monoisotopic (exact) mass is 338 g/mol. The van der Waals surface area contributed by atoms with Crippen LogP contribution in [0.25, 0.3) is 0 Å². The Balaban J connectivity index is 1.40. The number of hydrogen-bond acceptors (Lipinski definition) is 2. The van der Waals surface area contributed by atoms with E-state index in [9.17, 15) is 4.79 Å². The van der Waals surface area contributed by atoms with Gasteiger partial charge >= 0.3 is 6.03 Å². The number of amides is 2. The zero-order chi connectivity index (χ0) is 17.4. The van der Waals surface area contributed by atoms with Gasteiger partial charge in [0.25, 0.3) is 0 Å². The number of rotatable bonds is 3. The average Bonchev–Trinajstić information content (AvgIpc) is 3.40. The lowest BCUT2D eigenvalue weighted by molar-refractivity contribution is 0.214. The first-order chi connectivity index (χ1) is 12.1. The van der Waals surface area contributed by atoms with Crippen LogP contribution in [0.15, 0.2) is 24.3 Å².